The van der Waals surface area contributed by atoms with Gasteiger partial charge in [0, 0.05) is 12.6 Å². The van der Waals surface area contributed by atoms with Crippen LogP contribution >= 0.6 is 0 Å². The average molecular weight is 281 g/mol. The van der Waals surface area contributed by atoms with Gasteiger partial charge < -0.3 is 9.99 Å². The van der Waals surface area contributed by atoms with E-state index in [4.69, 9.17) is 10.8 Å². The molecule has 2 heterocycles. The molecule has 1 aromatic carbocycles. The molecule has 0 amide bonds. The second-order valence-corrected chi connectivity index (χ2v) is 5.03. The van der Waals surface area contributed by atoms with Crippen LogP contribution < -0.4 is 11.3 Å². The molecule has 0 aliphatic carbocycles. The highest BCUT2D eigenvalue weighted by molar-refractivity contribution is 5.76. The summed E-state index contributed by atoms with van der Waals surface area (Å²) in [6.07, 6.45) is 3.80. The average Bonchev–Trinajstić information content (AvgIpc) is 2.86. The van der Waals surface area contributed by atoms with Crippen molar-refractivity contribution in [3.05, 3.63) is 54.1 Å². The number of rotatable bonds is 5. The lowest BCUT2D eigenvalue weighted by Crippen LogP contribution is -2.09. The Morgan fingerprint density at radius 3 is 2.90 bits per heavy atom. The third-order valence-electron chi connectivity index (χ3n) is 3.51. The summed E-state index contributed by atoms with van der Waals surface area (Å²) in [6, 6.07) is 12.0. The number of hydrazine groups is 1. The molecule has 0 unspecified atom stereocenters. The van der Waals surface area contributed by atoms with Gasteiger partial charge in [0.15, 0.2) is 0 Å². The van der Waals surface area contributed by atoms with Crippen molar-refractivity contribution < 1.29 is 0 Å². The minimum absolute atomic E-state index is 0.700. The molecule has 5 nitrogen and oxygen atoms in total. The first kappa shape index (κ1) is 13.6. The van der Waals surface area contributed by atoms with E-state index in [1.807, 2.05) is 24.3 Å². The number of pyridine rings is 1. The van der Waals surface area contributed by atoms with E-state index < -0.39 is 0 Å². The number of imidazole rings is 1. The Labute approximate surface area is 123 Å². The van der Waals surface area contributed by atoms with E-state index in [0.29, 0.717) is 6.54 Å². The molecule has 0 aliphatic rings. The van der Waals surface area contributed by atoms with Crippen LogP contribution in [0.1, 0.15) is 24.9 Å². The molecule has 3 aromatic rings. The molecular weight excluding hydrogens is 262 g/mol. The van der Waals surface area contributed by atoms with Crippen molar-refractivity contribution >= 4 is 16.7 Å². The summed E-state index contributed by atoms with van der Waals surface area (Å²) in [5.74, 6) is 6.57. The molecule has 3 rings (SSSR count). The Morgan fingerprint density at radius 1 is 1.24 bits per heavy atom. The molecule has 2 aromatic heterocycles. The molecule has 0 saturated carbocycles. The fraction of sp³-hybridized carbons (Fsp3) is 0.250. The van der Waals surface area contributed by atoms with E-state index in [2.05, 4.69) is 34.0 Å². The van der Waals surface area contributed by atoms with Gasteiger partial charge in [-0.2, -0.15) is 0 Å². The number of hydrogen-bond donors (Lipinski definition) is 2. The number of hydrogen-bond acceptors (Lipinski definition) is 4. The van der Waals surface area contributed by atoms with Crippen LogP contribution in [0.5, 0.6) is 0 Å². The van der Waals surface area contributed by atoms with Crippen LogP contribution in [0.25, 0.3) is 11.0 Å². The summed E-state index contributed by atoms with van der Waals surface area (Å²) in [4.78, 5) is 9.16. The highest BCUT2D eigenvalue weighted by atomic mass is 15.2. The van der Waals surface area contributed by atoms with Gasteiger partial charge in [0.1, 0.15) is 5.82 Å². The SMILES string of the molecule is CCCc1nc2ccccc2n1Cc1cc(NN)ccn1. The fourth-order valence-corrected chi connectivity index (χ4v) is 2.53. The normalized spacial score (nSPS) is 11.0. The van der Waals surface area contributed by atoms with Crippen LogP contribution in [0.15, 0.2) is 42.6 Å². The predicted octanol–water partition coefficient (Wildman–Crippen LogP) is 2.72. The quantitative estimate of drug-likeness (QED) is 0.557. The maximum atomic E-state index is 5.46. The zero-order chi connectivity index (χ0) is 14.7. The fourth-order valence-electron chi connectivity index (χ4n) is 2.53. The van der Waals surface area contributed by atoms with Crippen LogP contribution in [0.2, 0.25) is 0 Å². The van der Waals surface area contributed by atoms with E-state index in [-0.39, 0.29) is 0 Å². The van der Waals surface area contributed by atoms with Crippen LogP contribution in [0.4, 0.5) is 5.69 Å². The third-order valence-corrected chi connectivity index (χ3v) is 3.51. The van der Waals surface area contributed by atoms with Gasteiger partial charge in [0.05, 0.1) is 29.0 Å². The van der Waals surface area contributed by atoms with Crippen molar-refractivity contribution in [1.29, 1.82) is 0 Å². The van der Waals surface area contributed by atoms with Crippen LogP contribution in [0.3, 0.4) is 0 Å². The van der Waals surface area contributed by atoms with Crippen molar-refractivity contribution in [1.82, 2.24) is 14.5 Å². The maximum absolute atomic E-state index is 5.46. The lowest BCUT2D eigenvalue weighted by atomic mass is 10.2. The van der Waals surface area contributed by atoms with Gasteiger partial charge >= 0.3 is 0 Å². The molecule has 0 saturated heterocycles. The van der Waals surface area contributed by atoms with Gasteiger partial charge in [0.25, 0.3) is 0 Å². The third kappa shape index (κ3) is 2.73. The number of aryl methyl sites for hydroxylation is 1. The van der Waals surface area contributed by atoms with Gasteiger partial charge in [-0.05, 0) is 30.7 Å². The van der Waals surface area contributed by atoms with Gasteiger partial charge in [-0.25, -0.2) is 4.98 Å². The highest BCUT2D eigenvalue weighted by Crippen LogP contribution is 2.19. The minimum atomic E-state index is 0.700. The van der Waals surface area contributed by atoms with Crippen molar-refractivity contribution in [2.75, 3.05) is 5.43 Å². The number of anilines is 1. The topological polar surface area (TPSA) is 68.8 Å². The largest absolute Gasteiger partial charge is 0.324 e. The van der Waals surface area contributed by atoms with Gasteiger partial charge in [-0.3, -0.25) is 10.8 Å². The predicted molar refractivity (Wildman–Crippen MR) is 84.9 cm³/mol. The number of nitrogens with zero attached hydrogens (tertiary/aromatic N) is 3. The molecule has 108 valence electrons. The van der Waals surface area contributed by atoms with Crippen molar-refractivity contribution in [3.63, 3.8) is 0 Å². The smallest absolute Gasteiger partial charge is 0.110 e. The zero-order valence-corrected chi connectivity index (χ0v) is 12.1. The van der Waals surface area contributed by atoms with Gasteiger partial charge in [-0.15, -0.1) is 0 Å². The molecule has 5 heteroatoms. The Bertz CT molecular complexity index is 747. The summed E-state index contributed by atoms with van der Waals surface area (Å²) in [6.45, 7) is 2.87. The Hall–Kier alpha value is -2.40. The van der Waals surface area contributed by atoms with Crippen molar-refractivity contribution in [3.8, 4) is 0 Å². The number of nitrogens with one attached hydrogen (secondary N) is 1. The van der Waals surface area contributed by atoms with E-state index in [1.54, 1.807) is 6.20 Å². The lowest BCUT2D eigenvalue weighted by molar-refractivity contribution is 0.710. The monoisotopic (exact) mass is 281 g/mol. The van der Waals surface area contributed by atoms with E-state index in [9.17, 15) is 0 Å². The first-order chi connectivity index (χ1) is 10.3. The van der Waals surface area contributed by atoms with Crippen molar-refractivity contribution in [2.24, 2.45) is 5.84 Å². The maximum Gasteiger partial charge on any atom is 0.110 e. The number of nitrogens with two attached hydrogens (primary N) is 1. The minimum Gasteiger partial charge on any atom is -0.324 e. The molecule has 3 N–H and O–H groups in total. The Morgan fingerprint density at radius 2 is 2.10 bits per heavy atom. The summed E-state index contributed by atoms with van der Waals surface area (Å²) in [5.41, 5.74) is 6.67. The molecule has 21 heavy (non-hydrogen) atoms. The van der Waals surface area contributed by atoms with Gasteiger partial charge in [-0.1, -0.05) is 19.1 Å². The second kappa shape index (κ2) is 5.93. The molecule has 0 bridgehead atoms. The van der Waals surface area contributed by atoms with E-state index in [1.165, 1.54) is 0 Å². The van der Waals surface area contributed by atoms with Crippen LogP contribution in [0, 0.1) is 0 Å². The molecule has 0 radical (unpaired) electrons. The Balaban J connectivity index is 2.03. The first-order valence-corrected chi connectivity index (χ1v) is 7.17. The molecule has 0 spiro atoms. The van der Waals surface area contributed by atoms with Crippen molar-refractivity contribution in [2.45, 2.75) is 26.3 Å². The second-order valence-electron chi connectivity index (χ2n) is 5.03. The summed E-state index contributed by atoms with van der Waals surface area (Å²) in [7, 11) is 0. The number of fused-ring (bicyclic) bond motifs is 1. The zero-order valence-electron chi connectivity index (χ0n) is 12.1. The van der Waals surface area contributed by atoms with Crippen LogP contribution in [-0.2, 0) is 13.0 Å². The van der Waals surface area contributed by atoms with Crippen LogP contribution in [-0.4, -0.2) is 14.5 Å². The summed E-state index contributed by atoms with van der Waals surface area (Å²) < 4.78 is 2.24. The number of benzene rings is 1. The summed E-state index contributed by atoms with van der Waals surface area (Å²) in [5, 5.41) is 0. The number of aromatic nitrogens is 3. The molecule has 0 aliphatic heterocycles. The first-order valence-electron chi connectivity index (χ1n) is 7.17. The van der Waals surface area contributed by atoms with E-state index in [0.717, 1.165) is 41.1 Å². The summed E-state index contributed by atoms with van der Waals surface area (Å²) >= 11 is 0. The Kier molecular flexibility index (Phi) is 3.83. The molecule has 0 atom stereocenters. The molecule has 0 fully saturated rings. The lowest BCUT2D eigenvalue weighted by Gasteiger charge is -2.09. The molecular formula is C16H19N5. The standard InChI is InChI=1S/C16H19N5/c1-2-5-16-19-14-6-3-4-7-15(14)21(16)11-13-10-12(20-17)8-9-18-13/h3-4,6-10H,2,5,11,17H2,1H3,(H,18,20). The number of nitrogen functional groups attached to an aromatic ring is 1. The number of para-hydroxylation sites is 2. The van der Waals surface area contributed by atoms with E-state index >= 15 is 0 Å². The highest BCUT2D eigenvalue weighted by Gasteiger charge is 2.10. The van der Waals surface area contributed by atoms with Gasteiger partial charge in [0.2, 0.25) is 0 Å².